The van der Waals surface area contributed by atoms with Crippen LogP contribution in [0.15, 0.2) is 6.20 Å². The Hall–Kier alpha value is -0.870. The summed E-state index contributed by atoms with van der Waals surface area (Å²) in [5.74, 6) is 0.770. The second kappa shape index (κ2) is 5.65. The lowest BCUT2D eigenvalue weighted by molar-refractivity contribution is 0.375. The van der Waals surface area contributed by atoms with Gasteiger partial charge in [0.1, 0.15) is 0 Å². The first-order chi connectivity index (χ1) is 8.24. The summed E-state index contributed by atoms with van der Waals surface area (Å²) < 4.78 is 5.03. The fourth-order valence-electron chi connectivity index (χ4n) is 2.00. The number of rotatable bonds is 6. The van der Waals surface area contributed by atoms with Crippen molar-refractivity contribution in [2.45, 2.75) is 32.2 Å². The summed E-state index contributed by atoms with van der Waals surface area (Å²) in [5, 5.41) is 4.12. The molecule has 0 spiro atoms. The lowest BCUT2D eigenvalue weighted by Crippen LogP contribution is -2.33. The van der Waals surface area contributed by atoms with Crippen molar-refractivity contribution in [3.8, 4) is 6.01 Å². The van der Waals surface area contributed by atoms with E-state index in [0.29, 0.717) is 17.1 Å². The highest BCUT2D eigenvalue weighted by atomic mass is 35.5. The number of aromatic nitrogens is 2. The Labute approximate surface area is 107 Å². The van der Waals surface area contributed by atoms with Gasteiger partial charge in [0.25, 0.3) is 0 Å². The van der Waals surface area contributed by atoms with E-state index in [1.54, 1.807) is 13.3 Å². The molecule has 0 amide bonds. The van der Waals surface area contributed by atoms with Crippen LogP contribution in [0.1, 0.15) is 25.5 Å². The molecule has 0 aromatic carbocycles. The third-order valence-corrected chi connectivity index (χ3v) is 3.36. The standard InChI is InChI=1S/C12H18ClN3O/c1-3-14-10(8-4-5-8)6-11-9(13)7-15-12(16-11)17-2/h7-8,10,14H,3-6H2,1-2H3. The lowest BCUT2D eigenvalue weighted by Gasteiger charge is -2.17. The van der Waals surface area contributed by atoms with E-state index in [4.69, 9.17) is 16.3 Å². The van der Waals surface area contributed by atoms with Crippen LogP contribution in [0, 0.1) is 5.92 Å². The molecule has 1 heterocycles. The lowest BCUT2D eigenvalue weighted by atomic mass is 10.1. The van der Waals surface area contributed by atoms with Gasteiger partial charge in [0.15, 0.2) is 0 Å². The Morgan fingerprint density at radius 3 is 2.94 bits per heavy atom. The molecule has 1 N–H and O–H groups in total. The number of nitrogens with zero attached hydrogens (tertiary/aromatic N) is 2. The molecular formula is C12H18ClN3O. The molecule has 0 aliphatic heterocycles. The Bertz CT molecular complexity index is 382. The van der Waals surface area contributed by atoms with E-state index in [1.807, 2.05) is 0 Å². The summed E-state index contributed by atoms with van der Waals surface area (Å²) in [7, 11) is 1.57. The fourth-order valence-corrected chi connectivity index (χ4v) is 2.17. The van der Waals surface area contributed by atoms with Gasteiger partial charge in [-0.15, -0.1) is 0 Å². The van der Waals surface area contributed by atoms with E-state index < -0.39 is 0 Å². The Balaban J connectivity index is 2.09. The molecule has 0 radical (unpaired) electrons. The number of hydrogen-bond donors (Lipinski definition) is 1. The average Bonchev–Trinajstić information content (AvgIpc) is 3.15. The summed E-state index contributed by atoms with van der Waals surface area (Å²) in [4.78, 5) is 8.30. The molecule has 2 rings (SSSR count). The quantitative estimate of drug-likeness (QED) is 0.845. The van der Waals surface area contributed by atoms with Crippen LogP contribution in [0.5, 0.6) is 6.01 Å². The Morgan fingerprint density at radius 1 is 1.59 bits per heavy atom. The summed E-state index contributed by atoms with van der Waals surface area (Å²) >= 11 is 6.11. The molecule has 0 bridgehead atoms. The minimum atomic E-state index is 0.385. The smallest absolute Gasteiger partial charge is 0.316 e. The third-order valence-electron chi connectivity index (χ3n) is 3.05. The minimum absolute atomic E-state index is 0.385. The molecule has 0 saturated heterocycles. The molecule has 1 aromatic rings. The van der Waals surface area contributed by atoms with E-state index in [1.165, 1.54) is 12.8 Å². The van der Waals surface area contributed by atoms with Crippen molar-refractivity contribution in [2.24, 2.45) is 5.92 Å². The summed E-state index contributed by atoms with van der Waals surface area (Å²) in [6, 6.07) is 0.854. The molecule has 1 aromatic heterocycles. The van der Waals surface area contributed by atoms with Crippen molar-refractivity contribution in [3.05, 3.63) is 16.9 Å². The Morgan fingerprint density at radius 2 is 2.35 bits per heavy atom. The molecule has 17 heavy (non-hydrogen) atoms. The SMILES string of the molecule is CCNC(Cc1nc(OC)ncc1Cl)C1CC1. The molecule has 1 fully saturated rings. The van der Waals surface area contributed by atoms with Crippen LogP contribution in [-0.2, 0) is 6.42 Å². The zero-order valence-electron chi connectivity index (χ0n) is 10.2. The van der Waals surface area contributed by atoms with Gasteiger partial charge in [0, 0.05) is 12.5 Å². The van der Waals surface area contributed by atoms with Crippen molar-refractivity contribution in [1.82, 2.24) is 15.3 Å². The molecule has 1 aliphatic carbocycles. The van der Waals surface area contributed by atoms with Gasteiger partial charge < -0.3 is 10.1 Å². The van der Waals surface area contributed by atoms with Crippen LogP contribution in [0.3, 0.4) is 0 Å². The van der Waals surface area contributed by atoms with Crippen molar-refractivity contribution in [2.75, 3.05) is 13.7 Å². The summed E-state index contributed by atoms with van der Waals surface area (Å²) in [6.07, 6.45) is 5.06. The van der Waals surface area contributed by atoms with Gasteiger partial charge in [-0.05, 0) is 25.3 Å². The van der Waals surface area contributed by atoms with Crippen LogP contribution in [0.2, 0.25) is 5.02 Å². The van der Waals surface area contributed by atoms with Crippen molar-refractivity contribution < 1.29 is 4.74 Å². The molecule has 4 nitrogen and oxygen atoms in total. The van der Waals surface area contributed by atoms with Gasteiger partial charge in [-0.1, -0.05) is 18.5 Å². The first kappa shape index (κ1) is 12.6. The second-order valence-corrected chi connectivity index (χ2v) is 4.76. The van der Waals surface area contributed by atoms with Crippen LogP contribution >= 0.6 is 11.6 Å². The zero-order chi connectivity index (χ0) is 12.3. The highest BCUT2D eigenvalue weighted by Crippen LogP contribution is 2.34. The van der Waals surface area contributed by atoms with Crippen LogP contribution < -0.4 is 10.1 Å². The topological polar surface area (TPSA) is 47.0 Å². The number of nitrogens with one attached hydrogen (secondary N) is 1. The van der Waals surface area contributed by atoms with Gasteiger partial charge in [-0.2, -0.15) is 4.98 Å². The van der Waals surface area contributed by atoms with Crippen LogP contribution in [-0.4, -0.2) is 29.7 Å². The van der Waals surface area contributed by atoms with Crippen LogP contribution in [0.4, 0.5) is 0 Å². The normalized spacial score (nSPS) is 16.9. The fraction of sp³-hybridized carbons (Fsp3) is 0.667. The third kappa shape index (κ3) is 3.30. The van der Waals surface area contributed by atoms with Crippen molar-refractivity contribution in [1.29, 1.82) is 0 Å². The molecule has 5 heteroatoms. The predicted molar refractivity (Wildman–Crippen MR) is 67.5 cm³/mol. The maximum atomic E-state index is 6.11. The zero-order valence-corrected chi connectivity index (χ0v) is 11.0. The molecular weight excluding hydrogens is 238 g/mol. The second-order valence-electron chi connectivity index (χ2n) is 4.36. The monoisotopic (exact) mass is 255 g/mol. The highest BCUT2D eigenvalue weighted by molar-refractivity contribution is 6.31. The van der Waals surface area contributed by atoms with Crippen molar-refractivity contribution in [3.63, 3.8) is 0 Å². The largest absolute Gasteiger partial charge is 0.467 e. The molecule has 1 atom stereocenters. The molecule has 1 aliphatic rings. The molecule has 94 valence electrons. The molecule has 1 unspecified atom stereocenters. The first-order valence-electron chi connectivity index (χ1n) is 6.03. The van der Waals surface area contributed by atoms with Gasteiger partial charge >= 0.3 is 6.01 Å². The highest BCUT2D eigenvalue weighted by Gasteiger charge is 2.31. The first-order valence-corrected chi connectivity index (χ1v) is 6.41. The van der Waals surface area contributed by atoms with Crippen molar-refractivity contribution >= 4 is 11.6 Å². The number of likely N-dealkylation sites (N-methyl/N-ethyl adjacent to an activating group) is 1. The number of hydrogen-bond acceptors (Lipinski definition) is 4. The van der Waals surface area contributed by atoms with Gasteiger partial charge in [0.2, 0.25) is 0 Å². The molecule has 1 saturated carbocycles. The van der Waals surface area contributed by atoms with Gasteiger partial charge in [0.05, 0.1) is 24.0 Å². The van der Waals surface area contributed by atoms with E-state index >= 15 is 0 Å². The maximum Gasteiger partial charge on any atom is 0.316 e. The number of halogens is 1. The van der Waals surface area contributed by atoms with E-state index in [0.717, 1.165) is 24.6 Å². The summed E-state index contributed by atoms with van der Waals surface area (Å²) in [6.45, 7) is 3.10. The minimum Gasteiger partial charge on any atom is -0.467 e. The van der Waals surface area contributed by atoms with E-state index in [-0.39, 0.29) is 0 Å². The van der Waals surface area contributed by atoms with Crippen LogP contribution in [0.25, 0.3) is 0 Å². The number of ether oxygens (including phenoxy) is 1. The number of methoxy groups -OCH3 is 1. The van der Waals surface area contributed by atoms with Gasteiger partial charge in [-0.3, -0.25) is 0 Å². The van der Waals surface area contributed by atoms with E-state index in [9.17, 15) is 0 Å². The Kier molecular flexibility index (Phi) is 4.18. The van der Waals surface area contributed by atoms with E-state index in [2.05, 4.69) is 22.2 Å². The summed E-state index contributed by atoms with van der Waals surface area (Å²) in [5.41, 5.74) is 0.872. The maximum absolute atomic E-state index is 6.11. The average molecular weight is 256 g/mol. The van der Waals surface area contributed by atoms with Gasteiger partial charge in [-0.25, -0.2) is 4.98 Å². The predicted octanol–water partition coefficient (Wildman–Crippen LogP) is 2.07.